The number of carbonyl (C=O) groups excluding carboxylic acids is 2. The molecule has 1 aliphatic heterocycles. The second-order valence-corrected chi connectivity index (χ2v) is 8.32. The highest BCUT2D eigenvalue weighted by Crippen LogP contribution is 2.30. The van der Waals surface area contributed by atoms with Crippen molar-refractivity contribution in [1.29, 1.82) is 0 Å². The minimum Gasteiger partial charge on any atom is -0.481 e. The Morgan fingerprint density at radius 3 is 2.58 bits per heavy atom. The summed E-state index contributed by atoms with van der Waals surface area (Å²) >= 11 is 1.48. The van der Waals surface area contributed by atoms with Crippen molar-refractivity contribution in [3.05, 3.63) is 34.4 Å². The second kappa shape index (κ2) is 13.2. The number of hydrogen-bond donors (Lipinski definition) is 1. The Kier molecular flexibility index (Phi) is 10.0. The third-order valence-corrected chi connectivity index (χ3v) is 6.19. The van der Waals surface area contributed by atoms with E-state index in [4.69, 9.17) is 18.9 Å². The van der Waals surface area contributed by atoms with Crippen molar-refractivity contribution >= 4 is 28.8 Å². The Bertz CT molecular complexity index is 883. The van der Waals surface area contributed by atoms with E-state index in [1.807, 2.05) is 4.90 Å². The van der Waals surface area contributed by atoms with E-state index < -0.39 is 0 Å². The van der Waals surface area contributed by atoms with Crippen LogP contribution in [0.5, 0.6) is 5.88 Å². The molecule has 180 valence electrons. The highest BCUT2D eigenvalue weighted by molar-refractivity contribution is 7.10. The summed E-state index contributed by atoms with van der Waals surface area (Å²) in [5, 5.41) is 5.48. The normalized spacial score (nSPS) is 14.3. The van der Waals surface area contributed by atoms with E-state index >= 15 is 0 Å². The van der Waals surface area contributed by atoms with E-state index in [2.05, 4.69) is 15.3 Å². The first kappa shape index (κ1) is 25.0. The summed E-state index contributed by atoms with van der Waals surface area (Å²) in [5.41, 5.74) is 0.955. The van der Waals surface area contributed by atoms with Gasteiger partial charge < -0.3 is 29.2 Å². The molecule has 1 N–H and O–H groups in total. The number of pyridine rings is 1. The SMILES string of the molecule is COCCOCCOCC(=O)N1CCC(c2nc(C(=O)Nc3ccc(OC)nc3)cs2)CC1. The first-order valence-electron chi connectivity index (χ1n) is 10.8. The standard InChI is InChI=1S/C22H30N4O6S/c1-29-9-10-31-11-12-32-14-20(27)26-7-5-16(6-8-26)22-25-18(15-33-22)21(28)24-17-3-4-19(30-2)23-13-17/h3-4,13,15-16H,5-12,14H2,1-2H3,(H,24,28). The molecule has 3 heterocycles. The van der Waals surface area contributed by atoms with Gasteiger partial charge in [-0.1, -0.05) is 0 Å². The molecule has 0 unspecified atom stereocenters. The Morgan fingerprint density at radius 2 is 1.88 bits per heavy atom. The van der Waals surface area contributed by atoms with E-state index in [9.17, 15) is 9.59 Å². The molecule has 1 aliphatic rings. The van der Waals surface area contributed by atoms with Crippen LogP contribution in [-0.4, -0.2) is 87.0 Å². The Morgan fingerprint density at radius 1 is 1.12 bits per heavy atom. The van der Waals surface area contributed by atoms with Crippen LogP contribution in [0.15, 0.2) is 23.7 Å². The number of thiazole rings is 1. The number of methoxy groups -OCH3 is 2. The van der Waals surface area contributed by atoms with E-state index in [0.717, 1.165) is 17.8 Å². The van der Waals surface area contributed by atoms with Crippen molar-refractivity contribution in [3.63, 3.8) is 0 Å². The van der Waals surface area contributed by atoms with Gasteiger partial charge in [-0.25, -0.2) is 9.97 Å². The maximum Gasteiger partial charge on any atom is 0.275 e. The molecule has 33 heavy (non-hydrogen) atoms. The van der Waals surface area contributed by atoms with Gasteiger partial charge in [0, 0.05) is 37.6 Å². The van der Waals surface area contributed by atoms with Crippen LogP contribution < -0.4 is 10.1 Å². The van der Waals surface area contributed by atoms with Gasteiger partial charge in [0.25, 0.3) is 5.91 Å². The highest BCUT2D eigenvalue weighted by Gasteiger charge is 2.26. The van der Waals surface area contributed by atoms with Crippen LogP contribution in [0.1, 0.15) is 34.3 Å². The van der Waals surface area contributed by atoms with Gasteiger partial charge in [0.1, 0.15) is 12.3 Å². The average Bonchev–Trinajstić information content (AvgIpc) is 3.34. The maximum atomic E-state index is 12.5. The molecule has 0 atom stereocenters. The third kappa shape index (κ3) is 7.74. The minimum atomic E-state index is -0.277. The highest BCUT2D eigenvalue weighted by atomic mass is 32.1. The van der Waals surface area contributed by atoms with Crippen molar-refractivity contribution in [2.45, 2.75) is 18.8 Å². The Labute approximate surface area is 197 Å². The third-order valence-electron chi connectivity index (χ3n) is 5.18. The molecular weight excluding hydrogens is 448 g/mol. The van der Waals surface area contributed by atoms with Crippen molar-refractivity contribution in [2.24, 2.45) is 0 Å². The molecule has 1 saturated heterocycles. The number of rotatable bonds is 12. The summed E-state index contributed by atoms with van der Waals surface area (Å²) in [5.74, 6) is 0.420. The number of amides is 2. The first-order chi connectivity index (χ1) is 16.1. The van der Waals surface area contributed by atoms with Gasteiger partial charge in [-0.15, -0.1) is 11.3 Å². The van der Waals surface area contributed by atoms with Gasteiger partial charge in [0.15, 0.2) is 0 Å². The fourth-order valence-electron chi connectivity index (χ4n) is 3.34. The molecule has 1 fully saturated rings. The lowest BCUT2D eigenvalue weighted by molar-refractivity contribution is -0.137. The van der Waals surface area contributed by atoms with Crippen molar-refractivity contribution < 1.29 is 28.5 Å². The van der Waals surface area contributed by atoms with Crippen LogP contribution in [0.4, 0.5) is 5.69 Å². The molecule has 0 aliphatic carbocycles. The number of carbonyl (C=O) groups is 2. The molecule has 0 bridgehead atoms. The molecule has 0 saturated carbocycles. The summed E-state index contributed by atoms with van der Waals surface area (Å²) in [4.78, 5) is 35.3. The molecule has 11 heteroatoms. The molecule has 0 aromatic carbocycles. The maximum absolute atomic E-state index is 12.5. The topological polar surface area (TPSA) is 112 Å². The quantitative estimate of drug-likeness (QED) is 0.462. The van der Waals surface area contributed by atoms with Crippen LogP contribution in [0.25, 0.3) is 0 Å². The van der Waals surface area contributed by atoms with Crippen LogP contribution in [0, 0.1) is 0 Å². The van der Waals surface area contributed by atoms with Crippen molar-refractivity contribution in [2.75, 3.05) is 65.7 Å². The molecular formula is C22H30N4O6S. The van der Waals surface area contributed by atoms with Crippen molar-refractivity contribution in [1.82, 2.24) is 14.9 Å². The molecule has 0 radical (unpaired) electrons. The Balaban J connectivity index is 1.39. The molecule has 10 nitrogen and oxygen atoms in total. The van der Waals surface area contributed by atoms with E-state index in [1.54, 1.807) is 24.6 Å². The lowest BCUT2D eigenvalue weighted by Gasteiger charge is -2.31. The number of aromatic nitrogens is 2. The van der Waals surface area contributed by atoms with Crippen molar-refractivity contribution in [3.8, 4) is 5.88 Å². The predicted octanol–water partition coefficient (Wildman–Crippen LogP) is 2.18. The zero-order chi connectivity index (χ0) is 23.5. The van der Waals surface area contributed by atoms with Crippen LogP contribution in [0.3, 0.4) is 0 Å². The lowest BCUT2D eigenvalue weighted by atomic mass is 9.97. The van der Waals surface area contributed by atoms with Crippen LogP contribution in [-0.2, 0) is 19.0 Å². The van der Waals surface area contributed by atoms with Gasteiger partial charge in [0.2, 0.25) is 11.8 Å². The smallest absolute Gasteiger partial charge is 0.275 e. The molecule has 2 aromatic heterocycles. The van der Waals surface area contributed by atoms with Crippen LogP contribution >= 0.6 is 11.3 Å². The summed E-state index contributed by atoms with van der Waals surface area (Å²) in [6, 6.07) is 3.40. The van der Waals surface area contributed by atoms with Gasteiger partial charge in [0.05, 0.1) is 50.4 Å². The predicted molar refractivity (Wildman–Crippen MR) is 123 cm³/mol. The molecule has 0 spiro atoms. The number of likely N-dealkylation sites (tertiary alicyclic amines) is 1. The van der Waals surface area contributed by atoms with E-state index in [1.165, 1.54) is 24.6 Å². The number of piperidine rings is 1. The van der Waals surface area contributed by atoms with E-state index in [0.29, 0.717) is 56.8 Å². The largest absolute Gasteiger partial charge is 0.481 e. The summed E-state index contributed by atoms with van der Waals surface area (Å²) in [7, 11) is 3.15. The van der Waals surface area contributed by atoms with Gasteiger partial charge in [-0.3, -0.25) is 9.59 Å². The molecule has 3 rings (SSSR count). The Hall–Kier alpha value is -2.60. The number of ether oxygens (including phenoxy) is 4. The van der Waals surface area contributed by atoms with Crippen LogP contribution in [0.2, 0.25) is 0 Å². The summed E-state index contributed by atoms with van der Waals surface area (Å²) < 4.78 is 20.6. The summed E-state index contributed by atoms with van der Waals surface area (Å²) in [6.45, 7) is 3.22. The van der Waals surface area contributed by atoms with Gasteiger partial charge in [-0.2, -0.15) is 0 Å². The average molecular weight is 479 g/mol. The first-order valence-corrected chi connectivity index (χ1v) is 11.7. The fraction of sp³-hybridized carbons (Fsp3) is 0.545. The minimum absolute atomic E-state index is 0.0161. The number of nitrogens with one attached hydrogen (secondary N) is 1. The zero-order valence-corrected chi connectivity index (χ0v) is 19.8. The molecule has 2 aromatic rings. The van der Waals surface area contributed by atoms with Gasteiger partial charge in [-0.05, 0) is 18.9 Å². The zero-order valence-electron chi connectivity index (χ0n) is 19.0. The second-order valence-electron chi connectivity index (χ2n) is 7.43. The number of nitrogens with zero attached hydrogens (tertiary/aromatic N) is 3. The van der Waals surface area contributed by atoms with E-state index in [-0.39, 0.29) is 24.3 Å². The van der Waals surface area contributed by atoms with Gasteiger partial charge >= 0.3 is 0 Å². The monoisotopic (exact) mass is 478 g/mol. The lowest BCUT2D eigenvalue weighted by Crippen LogP contribution is -2.40. The summed E-state index contributed by atoms with van der Waals surface area (Å²) in [6.07, 6.45) is 3.15. The fourth-order valence-corrected chi connectivity index (χ4v) is 4.31. The molecule has 2 amide bonds. The number of hydrogen-bond acceptors (Lipinski definition) is 9. The number of anilines is 1.